The number of benzene rings is 1. The normalized spacial score (nSPS) is 21.0. The van der Waals surface area contributed by atoms with Crippen molar-refractivity contribution in [1.29, 1.82) is 0 Å². The van der Waals surface area contributed by atoms with Crippen LogP contribution in [0.1, 0.15) is 48.3 Å². The molecule has 2 unspecified atom stereocenters. The van der Waals surface area contributed by atoms with Crippen molar-refractivity contribution in [3.63, 3.8) is 0 Å². The van der Waals surface area contributed by atoms with Gasteiger partial charge in [-0.3, -0.25) is 4.90 Å². The van der Waals surface area contributed by atoms with Gasteiger partial charge in [-0.05, 0) is 50.9 Å². The van der Waals surface area contributed by atoms with Gasteiger partial charge in [0.05, 0.1) is 25.5 Å². The van der Waals surface area contributed by atoms with Crippen LogP contribution in [0.5, 0.6) is 5.75 Å². The summed E-state index contributed by atoms with van der Waals surface area (Å²) in [5.41, 5.74) is 5.32. The summed E-state index contributed by atoms with van der Waals surface area (Å²) in [4.78, 5) is 12.2. The molecule has 29 heavy (non-hydrogen) atoms. The molecule has 0 aliphatic carbocycles. The highest BCUT2D eigenvalue weighted by Crippen LogP contribution is 2.42. The van der Waals surface area contributed by atoms with Crippen molar-refractivity contribution in [2.24, 2.45) is 0 Å². The van der Waals surface area contributed by atoms with E-state index in [1.165, 1.54) is 30.6 Å². The molecule has 3 aromatic rings. The molecule has 2 aliphatic heterocycles. The summed E-state index contributed by atoms with van der Waals surface area (Å²) < 4.78 is 7.48. The molecule has 2 aromatic heterocycles. The number of ether oxygens (including phenoxy) is 1. The maximum Gasteiger partial charge on any atom is 0.159 e. The van der Waals surface area contributed by atoms with E-state index >= 15 is 0 Å². The molecule has 6 nitrogen and oxygen atoms in total. The number of hydrogen-bond acceptors (Lipinski definition) is 5. The zero-order chi connectivity index (χ0) is 20.2. The molecule has 0 radical (unpaired) electrons. The van der Waals surface area contributed by atoms with Crippen LogP contribution in [-0.2, 0) is 18.6 Å². The Morgan fingerprint density at radius 2 is 2.03 bits per heavy atom. The molecule has 5 rings (SSSR count). The zero-order valence-corrected chi connectivity index (χ0v) is 17.4. The predicted molar refractivity (Wildman–Crippen MR) is 112 cm³/mol. The maximum absolute atomic E-state index is 11.4. The molecule has 1 N–H and O–H groups in total. The van der Waals surface area contributed by atoms with Gasteiger partial charge >= 0.3 is 0 Å². The van der Waals surface area contributed by atoms with Gasteiger partial charge in [0.1, 0.15) is 16.9 Å². The largest absolute Gasteiger partial charge is 0.497 e. The lowest BCUT2D eigenvalue weighted by Gasteiger charge is -2.32. The van der Waals surface area contributed by atoms with Crippen LogP contribution in [0.15, 0.2) is 30.5 Å². The number of rotatable bonds is 4. The molecule has 4 heterocycles. The highest BCUT2D eigenvalue weighted by Gasteiger charge is 2.37. The smallest absolute Gasteiger partial charge is 0.159 e. The van der Waals surface area contributed by atoms with Crippen molar-refractivity contribution in [2.45, 2.75) is 51.3 Å². The molecule has 2 aliphatic rings. The third-order valence-electron chi connectivity index (χ3n) is 6.53. The minimum Gasteiger partial charge on any atom is -0.497 e. The Morgan fingerprint density at radius 3 is 2.79 bits per heavy atom. The molecule has 2 atom stereocenters. The van der Waals surface area contributed by atoms with Crippen molar-refractivity contribution in [1.82, 2.24) is 19.4 Å². The molecule has 0 bridgehead atoms. The number of aryl methyl sites for hydroxylation is 1. The standard InChI is InChI=1S/C23H28N4O2/c1-15-13-24-22-21(25-15)20-18-5-4-11-26(18)12-10-19(20)27(22)14-23(2,28)16-6-8-17(29-3)9-7-16/h6-9,13,18,28H,4-5,10-12,14H2,1-3H3. The number of methoxy groups -OCH3 is 1. The van der Waals surface area contributed by atoms with Crippen LogP contribution < -0.4 is 4.74 Å². The number of aromatic nitrogens is 3. The Labute approximate surface area is 171 Å². The van der Waals surface area contributed by atoms with Gasteiger partial charge in [-0.25, -0.2) is 9.97 Å². The summed E-state index contributed by atoms with van der Waals surface area (Å²) in [6.07, 6.45) is 5.22. The van der Waals surface area contributed by atoms with Gasteiger partial charge in [0.15, 0.2) is 5.65 Å². The summed E-state index contributed by atoms with van der Waals surface area (Å²) in [6.45, 7) is 6.56. The van der Waals surface area contributed by atoms with Crippen LogP contribution in [0.3, 0.4) is 0 Å². The van der Waals surface area contributed by atoms with Gasteiger partial charge in [0, 0.05) is 30.3 Å². The van der Waals surface area contributed by atoms with Crippen molar-refractivity contribution in [3.05, 3.63) is 53.0 Å². The average molecular weight is 393 g/mol. The second-order valence-electron chi connectivity index (χ2n) is 8.58. The highest BCUT2D eigenvalue weighted by molar-refractivity contribution is 5.79. The Hall–Kier alpha value is -2.44. The first-order valence-corrected chi connectivity index (χ1v) is 10.4. The number of fused-ring (bicyclic) bond motifs is 5. The molecule has 0 amide bonds. The fraction of sp³-hybridized carbons (Fsp3) is 0.478. The maximum atomic E-state index is 11.4. The van der Waals surface area contributed by atoms with Crippen molar-refractivity contribution >= 4 is 11.2 Å². The number of hydrogen-bond donors (Lipinski definition) is 1. The molecule has 6 heteroatoms. The van der Waals surface area contributed by atoms with E-state index in [1.54, 1.807) is 7.11 Å². The first-order chi connectivity index (χ1) is 14.0. The topological polar surface area (TPSA) is 63.4 Å². The van der Waals surface area contributed by atoms with Gasteiger partial charge in [-0.2, -0.15) is 0 Å². The van der Waals surface area contributed by atoms with Crippen molar-refractivity contribution in [3.8, 4) is 5.75 Å². The second kappa shape index (κ2) is 6.82. The van der Waals surface area contributed by atoms with Crippen LogP contribution in [0.4, 0.5) is 0 Å². The van der Waals surface area contributed by atoms with Gasteiger partial charge in [-0.15, -0.1) is 0 Å². The van der Waals surface area contributed by atoms with E-state index in [0.717, 1.165) is 41.1 Å². The van der Waals surface area contributed by atoms with E-state index in [2.05, 4.69) is 9.47 Å². The zero-order valence-electron chi connectivity index (χ0n) is 17.4. The average Bonchev–Trinajstić information content (AvgIpc) is 3.30. The van der Waals surface area contributed by atoms with Crippen LogP contribution in [-0.4, -0.2) is 44.7 Å². The van der Waals surface area contributed by atoms with E-state index < -0.39 is 5.60 Å². The Bertz CT molecular complexity index is 1050. The molecule has 1 aromatic carbocycles. The van der Waals surface area contributed by atoms with Gasteiger partial charge in [0.25, 0.3) is 0 Å². The van der Waals surface area contributed by atoms with Crippen molar-refractivity contribution in [2.75, 3.05) is 20.2 Å². The minimum atomic E-state index is -1.02. The van der Waals surface area contributed by atoms with Crippen molar-refractivity contribution < 1.29 is 9.84 Å². The van der Waals surface area contributed by atoms with Crippen LogP contribution >= 0.6 is 0 Å². The lowest BCUT2D eigenvalue weighted by molar-refractivity contribution is 0.0381. The molecule has 1 saturated heterocycles. The molecular weight excluding hydrogens is 364 g/mol. The molecule has 152 valence electrons. The molecule has 0 spiro atoms. The summed E-state index contributed by atoms with van der Waals surface area (Å²) in [7, 11) is 1.65. The first-order valence-electron chi connectivity index (χ1n) is 10.4. The minimum absolute atomic E-state index is 0.435. The van der Waals surface area contributed by atoms with Crippen LogP contribution in [0.25, 0.3) is 11.2 Å². The molecule has 1 fully saturated rings. The van der Waals surface area contributed by atoms with Crippen LogP contribution in [0.2, 0.25) is 0 Å². The summed E-state index contributed by atoms with van der Waals surface area (Å²) in [5, 5.41) is 11.4. The summed E-state index contributed by atoms with van der Waals surface area (Å²) in [6, 6.07) is 8.10. The third kappa shape index (κ3) is 3.02. The van der Waals surface area contributed by atoms with Gasteiger partial charge in [-0.1, -0.05) is 12.1 Å². The molecule has 0 saturated carbocycles. The van der Waals surface area contributed by atoms with E-state index in [9.17, 15) is 5.11 Å². The quantitative estimate of drug-likeness (QED) is 0.738. The SMILES string of the molecule is COc1ccc(C(C)(O)Cn2c3c(c4nc(C)cnc42)C2CCCN2CC3)cc1. The lowest BCUT2D eigenvalue weighted by atomic mass is 9.95. The number of nitrogens with zero attached hydrogens (tertiary/aromatic N) is 4. The fourth-order valence-corrected chi connectivity index (χ4v) is 5.07. The van der Waals surface area contributed by atoms with Gasteiger partial charge < -0.3 is 14.4 Å². The second-order valence-corrected chi connectivity index (χ2v) is 8.58. The number of aliphatic hydroxyl groups is 1. The van der Waals surface area contributed by atoms with E-state index in [4.69, 9.17) is 14.7 Å². The summed E-state index contributed by atoms with van der Waals surface area (Å²) >= 11 is 0. The highest BCUT2D eigenvalue weighted by atomic mass is 16.5. The first kappa shape index (κ1) is 18.6. The third-order valence-corrected chi connectivity index (χ3v) is 6.53. The monoisotopic (exact) mass is 392 g/mol. The Kier molecular flexibility index (Phi) is 4.37. The predicted octanol–water partition coefficient (Wildman–Crippen LogP) is 3.35. The van der Waals surface area contributed by atoms with Gasteiger partial charge in [0.2, 0.25) is 0 Å². The lowest BCUT2D eigenvalue weighted by Crippen LogP contribution is -2.33. The molecular formula is C23H28N4O2. The summed E-state index contributed by atoms with van der Waals surface area (Å²) in [5.74, 6) is 0.788. The van der Waals surface area contributed by atoms with E-state index in [0.29, 0.717) is 12.6 Å². The van der Waals surface area contributed by atoms with E-state index in [-0.39, 0.29) is 0 Å². The van der Waals surface area contributed by atoms with E-state index in [1.807, 2.05) is 44.3 Å². The van der Waals surface area contributed by atoms with Crippen LogP contribution in [0, 0.1) is 6.92 Å². The Balaban J connectivity index is 1.61. The fourth-order valence-electron chi connectivity index (χ4n) is 5.07. The Morgan fingerprint density at radius 1 is 1.24 bits per heavy atom.